The minimum absolute atomic E-state index is 0.298. The molecule has 0 bridgehead atoms. The van der Waals surface area contributed by atoms with E-state index in [1.807, 2.05) is 6.07 Å². The Balaban J connectivity index is 2.16. The van der Waals surface area contributed by atoms with E-state index in [-0.39, 0.29) is 5.82 Å². The molecular formula is C13H11BrFNO. The van der Waals surface area contributed by atoms with Crippen LogP contribution in [0.15, 0.2) is 47.1 Å². The number of aliphatic hydroxyl groups excluding tert-OH is 1. The quantitative estimate of drug-likeness (QED) is 0.943. The van der Waals surface area contributed by atoms with Crippen molar-refractivity contribution in [1.29, 1.82) is 0 Å². The molecule has 1 heterocycles. The average Bonchev–Trinajstić information content (AvgIpc) is 2.34. The Labute approximate surface area is 107 Å². The second kappa shape index (κ2) is 5.38. The highest BCUT2D eigenvalue weighted by molar-refractivity contribution is 9.10. The molecule has 0 amide bonds. The van der Waals surface area contributed by atoms with Crippen LogP contribution in [0.3, 0.4) is 0 Å². The molecular weight excluding hydrogens is 285 g/mol. The van der Waals surface area contributed by atoms with Crippen molar-refractivity contribution >= 4 is 15.9 Å². The third-order valence-electron chi connectivity index (χ3n) is 2.46. The highest BCUT2D eigenvalue weighted by Gasteiger charge is 2.11. The second-order valence-corrected chi connectivity index (χ2v) is 4.56. The third kappa shape index (κ3) is 3.11. The van der Waals surface area contributed by atoms with E-state index < -0.39 is 6.10 Å². The van der Waals surface area contributed by atoms with Crippen molar-refractivity contribution in [2.24, 2.45) is 0 Å². The summed E-state index contributed by atoms with van der Waals surface area (Å²) >= 11 is 3.28. The molecule has 0 aliphatic heterocycles. The lowest BCUT2D eigenvalue weighted by Crippen LogP contribution is -2.04. The van der Waals surface area contributed by atoms with Gasteiger partial charge in [-0.05, 0) is 29.8 Å². The van der Waals surface area contributed by atoms with Crippen molar-refractivity contribution in [2.75, 3.05) is 0 Å². The highest BCUT2D eigenvalue weighted by Crippen LogP contribution is 2.23. The Bertz CT molecular complexity index is 504. The van der Waals surface area contributed by atoms with Gasteiger partial charge in [0.1, 0.15) is 5.82 Å². The molecule has 0 aliphatic carbocycles. The molecule has 0 aliphatic rings. The first-order chi connectivity index (χ1) is 8.16. The molecule has 1 N–H and O–H groups in total. The molecule has 1 atom stereocenters. The number of pyridine rings is 1. The lowest BCUT2D eigenvalue weighted by molar-refractivity contribution is 0.173. The minimum Gasteiger partial charge on any atom is -0.386 e. The molecule has 1 aromatic carbocycles. The highest BCUT2D eigenvalue weighted by atomic mass is 79.9. The van der Waals surface area contributed by atoms with Crippen LogP contribution >= 0.6 is 15.9 Å². The van der Waals surface area contributed by atoms with Crippen molar-refractivity contribution in [3.8, 4) is 0 Å². The normalized spacial score (nSPS) is 12.4. The standard InChI is InChI=1S/C13H11BrFNO/c14-11-8-10(15)5-4-9(11)7-13(17)12-3-1-2-6-16-12/h1-6,8,13,17H,7H2. The molecule has 0 radical (unpaired) electrons. The maximum Gasteiger partial charge on any atom is 0.124 e. The van der Waals surface area contributed by atoms with Crippen molar-refractivity contribution in [3.05, 3.63) is 64.1 Å². The number of aliphatic hydroxyl groups is 1. The zero-order valence-electron chi connectivity index (χ0n) is 8.98. The molecule has 0 saturated heterocycles. The van der Waals surface area contributed by atoms with Gasteiger partial charge in [-0.1, -0.05) is 28.1 Å². The van der Waals surface area contributed by atoms with E-state index >= 15 is 0 Å². The topological polar surface area (TPSA) is 33.1 Å². The number of rotatable bonds is 3. The van der Waals surface area contributed by atoms with Gasteiger partial charge >= 0.3 is 0 Å². The number of hydrogen-bond donors (Lipinski definition) is 1. The van der Waals surface area contributed by atoms with Gasteiger partial charge in [0.2, 0.25) is 0 Å². The van der Waals surface area contributed by atoms with Crippen LogP contribution in [0, 0.1) is 5.82 Å². The van der Waals surface area contributed by atoms with Crippen LogP contribution in [0.2, 0.25) is 0 Å². The van der Waals surface area contributed by atoms with Gasteiger partial charge < -0.3 is 5.11 Å². The van der Waals surface area contributed by atoms with Gasteiger partial charge in [-0.3, -0.25) is 4.98 Å². The SMILES string of the molecule is OC(Cc1ccc(F)cc1Br)c1ccccn1. The lowest BCUT2D eigenvalue weighted by Gasteiger charge is -2.11. The lowest BCUT2D eigenvalue weighted by atomic mass is 10.1. The van der Waals surface area contributed by atoms with Crippen LogP contribution in [0.4, 0.5) is 4.39 Å². The molecule has 1 unspecified atom stereocenters. The van der Waals surface area contributed by atoms with Crippen LogP contribution in [-0.4, -0.2) is 10.1 Å². The van der Waals surface area contributed by atoms with Crippen LogP contribution in [-0.2, 0) is 6.42 Å². The van der Waals surface area contributed by atoms with Crippen molar-refractivity contribution in [2.45, 2.75) is 12.5 Å². The fraction of sp³-hybridized carbons (Fsp3) is 0.154. The molecule has 0 saturated carbocycles. The van der Waals surface area contributed by atoms with E-state index in [0.29, 0.717) is 16.6 Å². The van der Waals surface area contributed by atoms with Gasteiger partial charge in [0.15, 0.2) is 0 Å². The first kappa shape index (κ1) is 12.2. The summed E-state index contributed by atoms with van der Waals surface area (Å²) in [5, 5.41) is 9.99. The summed E-state index contributed by atoms with van der Waals surface area (Å²) in [6, 6.07) is 9.81. The summed E-state index contributed by atoms with van der Waals surface area (Å²) in [6.07, 6.45) is 1.36. The first-order valence-corrected chi connectivity index (χ1v) is 5.99. The fourth-order valence-corrected chi connectivity index (χ4v) is 2.09. The summed E-state index contributed by atoms with van der Waals surface area (Å²) < 4.78 is 13.6. The molecule has 2 nitrogen and oxygen atoms in total. The Morgan fingerprint density at radius 3 is 2.76 bits per heavy atom. The molecule has 2 aromatic rings. The summed E-state index contributed by atoms with van der Waals surface area (Å²) in [6.45, 7) is 0. The zero-order valence-corrected chi connectivity index (χ0v) is 10.6. The Kier molecular flexibility index (Phi) is 3.86. The smallest absolute Gasteiger partial charge is 0.124 e. The Morgan fingerprint density at radius 2 is 2.12 bits per heavy atom. The zero-order chi connectivity index (χ0) is 12.3. The third-order valence-corrected chi connectivity index (χ3v) is 3.20. The van der Waals surface area contributed by atoms with E-state index in [9.17, 15) is 9.50 Å². The van der Waals surface area contributed by atoms with Gasteiger partial charge in [0.25, 0.3) is 0 Å². The van der Waals surface area contributed by atoms with E-state index in [0.717, 1.165) is 5.56 Å². The summed E-state index contributed by atoms with van der Waals surface area (Å²) in [4.78, 5) is 4.08. The van der Waals surface area contributed by atoms with Crippen LogP contribution in [0.25, 0.3) is 0 Å². The van der Waals surface area contributed by atoms with E-state index in [2.05, 4.69) is 20.9 Å². The fourth-order valence-electron chi connectivity index (χ4n) is 1.57. The predicted octanol–water partition coefficient (Wildman–Crippen LogP) is 3.26. The van der Waals surface area contributed by atoms with Crippen LogP contribution < -0.4 is 0 Å². The summed E-state index contributed by atoms with van der Waals surface area (Å²) in [5.74, 6) is -0.298. The van der Waals surface area contributed by atoms with Crippen molar-refractivity contribution in [1.82, 2.24) is 4.98 Å². The Hall–Kier alpha value is -1.26. The number of benzene rings is 1. The van der Waals surface area contributed by atoms with Gasteiger partial charge in [0.05, 0.1) is 11.8 Å². The van der Waals surface area contributed by atoms with Crippen LogP contribution in [0.5, 0.6) is 0 Å². The van der Waals surface area contributed by atoms with Gasteiger partial charge in [-0.25, -0.2) is 4.39 Å². The Morgan fingerprint density at radius 1 is 1.29 bits per heavy atom. The predicted molar refractivity (Wildman–Crippen MR) is 67.0 cm³/mol. The average molecular weight is 296 g/mol. The second-order valence-electron chi connectivity index (χ2n) is 3.71. The molecule has 1 aromatic heterocycles. The first-order valence-electron chi connectivity index (χ1n) is 5.20. The molecule has 2 rings (SSSR count). The van der Waals surface area contributed by atoms with Crippen molar-refractivity contribution in [3.63, 3.8) is 0 Å². The van der Waals surface area contributed by atoms with E-state index in [1.54, 1.807) is 24.4 Å². The molecule has 17 heavy (non-hydrogen) atoms. The van der Waals surface area contributed by atoms with E-state index in [4.69, 9.17) is 0 Å². The number of aromatic nitrogens is 1. The monoisotopic (exact) mass is 295 g/mol. The molecule has 0 fully saturated rings. The molecule has 4 heteroatoms. The van der Waals surface area contributed by atoms with Gasteiger partial charge in [0, 0.05) is 17.1 Å². The molecule has 0 spiro atoms. The van der Waals surface area contributed by atoms with Gasteiger partial charge in [-0.15, -0.1) is 0 Å². The van der Waals surface area contributed by atoms with Gasteiger partial charge in [-0.2, -0.15) is 0 Å². The van der Waals surface area contributed by atoms with Crippen molar-refractivity contribution < 1.29 is 9.50 Å². The number of hydrogen-bond acceptors (Lipinski definition) is 2. The maximum atomic E-state index is 12.9. The largest absolute Gasteiger partial charge is 0.386 e. The summed E-state index contributed by atoms with van der Waals surface area (Å²) in [5.41, 5.74) is 1.47. The molecule has 88 valence electrons. The summed E-state index contributed by atoms with van der Waals surface area (Å²) in [7, 11) is 0. The van der Waals surface area contributed by atoms with E-state index in [1.165, 1.54) is 12.1 Å². The minimum atomic E-state index is -0.682. The maximum absolute atomic E-state index is 12.9. The number of nitrogens with zero attached hydrogens (tertiary/aromatic N) is 1. The number of halogens is 2. The van der Waals surface area contributed by atoms with Crippen LogP contribution in [0.1, 0.15) is 17.4 Å².